The highest BCUT2D eigenvalue weighted by Gasteiger charge is 2.17. The largest absolute Gasteiger partial charge is 0.497 e. The number of ether oxygens (including phenoxy) is 1. The Labute approximate surface area is 118 Å². The first-order valence-corrected chi connectivity index (χ1v) is 6.29. The van der Waals surface area contributed by atoms with Crippen molar-refractivity contribution in [3.8, 4) is 5.75 Å². The van der Waals surface area contributed by atoms with Crippen LogP contribution in [-0.2, 0) is 4.79 Å². The first kappa shape index (κ1) is 14.1. The Hall–Kier alpha value is -2.33. The lowest BCUT2D eigenvalue weighted by Gasteiger charge is -2.12. The minimum atomic E-state index is -1.21. The van der Waals surface area contributed by atoms with E-state index in [0.29, 0.717) is 17.0 Å². The number of aliphatic hydroxyl groups excluding tert-OH is 1. The maximum atomic E-state index is 12.0. The van der Waals surface area contributed by atoms with Crippen LogP contribution in [0.1, 0.15) is 17.2 Å². The average molecular weight is 271 g/mol. The van der Waals surface area contributed by atoms with E-state index in [1.807, 2.05) is 25.1 Å². The maximum Gasteiger partial charge on any atom is 0.257 e. The van der Waals surface area contributed by atoms with Gasteiger partial charge in [0.05, 0.1) is 7.11 Å². The summed E-state index contributed by atoms with van der Waals surface area (Å²) in [6.07, 6.45) is -1.21. The van der Waals surface area contributed by atoms with E-state index in [1.54, 1.807) is 37.4 Å². The molecule has 0 bridgehead atoms. The molecule has 104 valence electrons. The highest BCUT2D eigenvalue weighted by molar-refractivity contribution is 5.94. The molecule has 4 nitrogen and oxygen atoms in total. The van der Waals surface area contributed by atoms with Gasteiger partial charge in [-0.05, 0) is 42.3 Å². The molecule has 0 saturated carbocycles. The molecule has 0 heterocycles. The Kier molecular flexibility index (Phi) is 4.38. The summed E-state index contributed by atoms with van der Waals surface area (Å²) in [5.74, 6) is 0.223. The zero-order valence-corrected chi connectivity index (χ0v) is 11.5. The van der Waals surface area contributed by atoms with Crippen molar-refractivity contribution in [1.29, 1.82) is 0 Å². The van der Waals surface area contributed by atoms with Gasteiger partial charge in [0.1, 0.15) is 5.75 Å². The van der Waals surface area contributed by atoms with Crippen LogP contribution in [0, 0.1) is 6.92 Å². The Bertz CT molecular complexity index is 593. The number of anilines is 1. The lowest BCUT2D eigenvalue weighted by atomic mass is 10.1. The molecule has 1 amide bonds. The summed E-state index contributed by atoms with van der Waals surface area (Å²) in [6.45, 7) is 1.94. The second kappa shape index (κ2) is 6.21. The molecule has 4 heteroatoms. The molecule has 0 fully saturated rings. The quantitative estimate of drug-likeness (QED) is 0.898. The molecule has 2 rings (SSSR count). The number of benzene rings is 2. The molecule has 2 aromatic carbocycles. The number of rotatable bonds is 4. The Morgan fingerprint density at radius 1 is 1.20 bits per heavy atom. The van der Waals surface area contributed by atoms with E-state index in [-0.39, 0.29) is 0 Å². The molecule has 2 aromatic rings. The number of carbonyl (C=O) groups is 1. The fraction of sp³-hybridized carbons (Fsp3) is 0.188. The molecular weight excluding hydrogens is 254 g/mol. The Balaban J connectivity index is 2.07. The van der Waals surface area contributed by atoms with Crippen LogP contribution in [0.4, 0.5) is 5.69 Å². The van der Waals surface area contributed by atoms with Gasteiger partial charge in [-0.25, -0.2) is 0 Å². The van der Waals surface area contributed by atoms with Crippen molar-refractivity contribution in [2.75, 3.05) is 12.4 Å². The molecular formula is C16H17NO3. The van der Waals surface area contributed by atoms with Gasteiger partial charge >= 0.3 is 0 Å². The fourth-order valence-corrected chi connectivity index (χ4v) is 1.87. The second-order valence-electron chi connectivity index (χ2n) is 4.53. The molecule has 20 heavy (non-hydrogen) atoms. The van der Waals surface area contributed by atoms with Gasteiger partial charge in [0.2, 0.25) is 0 Å². The average Bonchev–Trinajstić information content (AvgIpc) is 2.46. The summed E-state index contributed by atoms with van der Waals surface area (Å²) >= 11 is 0. The highest BCUT2D eigenvalue weighted by atomic mass is 16.5. The molecule has 0 spiro atoms. The van der Waals surface area contributed by atoms with E-state index in [9.17, 15) is 9.90 Å². The first-order chi connectivity index (χ1) is 9.60. The molecule has 1 unspecified atom stereocenters. The van der Waals surface area contributed by atoms with Crippen LogP contribution in [0.3, 0.4) is 0 Å². The predicted molar refractivity (Wildman–Crippen MR) is 77.8 cm³/mol. The summed E-state index contributed by atoms with van der Waals surface area (Å²) in [4.78, 5) is 12.0. The number of methoxy groups -OCH3 is 1. The number of nitrogens with one attached hydrogen (secondary N) is 1. The van der Waals surface area contributed by atoms with E-state index in [0.717, 1.165) is 5.56 Å². The number of aryl methyl sites for hydroxylation is 1. The standard InChI is InChI=1S/C16H17NO3/c1-11-4-3-5-13(10-11)17-16(19)15(18)12-6-8-14(20-2)9-7-12/h3-10,15,18H,1-2H3,(H,17,19). The summed E-state index contributed by atoms with van der Waals surface area (Å²) < 4.78 is 5.04. The molecule has 0 saturated heterocycles. The molecule has 0 aliphatic carbocycles. The lowest BCUT2D eigenvalue weighted by molar-refractivity contribution is -0.124. The lowest BCUT2D eigenvalue weighted by Crippen LogP contribution is -2.20. The van der Waals surface area contributed by atoms with E-state index in [2.05, 4.69) is 5.32 Å². The zero-order valence-electron chi connectivity index (χ0n) is 11.5. The number of carbonyl (C=O) groups excluding carboxylic acids is 1. The minimum absolute atomic E-state index is 0.458. The number of aliphatic hydroxyl groups is 1. The molecule has 0 aliphatic heterocycles. The van der Waals surface area contributed by atoms with Crippen molar-refractivity contribution in [2.24, 2.45) is 0 Å². The monoisotopic (exact) mass is 271 g/mol. The van der Waals surface area contributed by atoms with Crippen LogP contribution >= 0.6 is 0 Å². The highest BCUT2D eigenvalue weighted by Crippen LogP contribution is 2.19. The zero-order chi connectivity index (χ0) is 14.5. The Morgan fingerprint density at radius 2 is 1.90 bits per heavy atom. The van der Waals surface area contributed by atoms with Gasteiger partial charge in [0.15, 0.2) is 6.10 Å². The summed E-state index contributed by atoms with van der Waals surface area (Å²) in [6, 6.07) is 14.2. The smallest absolute Gasteiger partial charge is 0.257 e. The van der Waals surface area contributed by atoms with Crippen molar-refractivity contribution >= 4 is 11.6 Å². The third-order valence-electron chi connectivity index (χ3n) is 2.97. The van der Waals surface area contributed by atoms with Crippen LogP contribution in [0.15, 0.2) is 48.5 Å². The molecule has 0 radical (unpaired) electrons. The van der Waals surface area contributed by atoms with Crippen molar-refractivity contribution in [1.82, 2.24) is 0 Å². The van der Waals surface area contributed by atoms with E-state index >= 15 is 0 Å². The molecule has 1 atom stereocenters. The topological polar surface area (TPSA) is 58.6 Å². The third kappa shape index (κ3) is 3.36. The normalized spacial score (nSPS) is 11.8. The summed E-state index contributed by atoms with van der Waals surface area (Å²) in [5, 5.41) is 12.7. The SMILES string of the molecule is COc1ccc(C(O)C(=O)Nc2cccc(C)c2)cc1. The molecule has 0 aliphatic rings. The summed E-state index contributed by atoms with van der Waals surface area (Å²) in [5.41, 5.74) is 2.24. The van der Waals surface area contributed by atoms with Crippen molar-refractivity contribution < 1.29 is 14.6 Å². The molecule has 2 N–H and O–H groups in total. The van der Waals surface area contributed by atoms with Gasteiger partial charge in [0.25, 0.3) is 5.91 Å². The van der Waals surface area contributed by atoms with Crippen molar-refractivity contribution in [3.63, 3.8) is 0 Å². The number of amides is 1. The fourth-order valence-electron chi connectivity index (χ4n) is 1.87. The van der Waals surface area contributed by atoms with Crippen LogP contribution in [-0.4, -0.2) is 18.1 Å². The van der Waals surface area contributed by atoms with E-state index < -0.39 is 12.0 Å². The van der Waals surface area contributed by atoms with Crippen molar-refractivity contribution in [2.45, 2.75) is 13.0 Å². The van der Waals surface area contributed by atoms with E-state index in [1.165, 1.54) is 0 Å². The maximum absolute atomic E-state index is 12.0. The van der Waals surface area contributed by atoms with Gasteiger partial charge in [-0.3, -0.25) is 4.79 Å². The minimum Gasteiger partial charge on any atom is -0.497 e. The molecule has 0 aromatic heterocycles. The van der Waals surface area contributed by atoms with Crippen LogP contribution in [0.25, 0.3) is 0 Å². The second-order valence-corrected chi connectivity index (χ2v) is 4.53. The van der Waals surface area contributed by atoms with Gasteiger partial charge in [0, 0.05) is 5.69 Å². The number of hydrogen-bond donors (Lipinski definition) is 2. The Morgan fingerprint density at radius 3 is 2.50 bits per heavy atom. The van der Waals surface area contributed by atoms with Gasteiger partial charge in [-0.1, -0.05) is 24.3 Å². The summed E-state index contributed by atoms with van der Waals surface area (Å²) in [7, 11) is 1.57. The van der Waals surface area contributed by atoms with Crippen LogP contribution in [0.5, 0.6) is 5.75 Å². The predicted octanol–water partition coefficient (Wildman–Crippen LogP) is 2.68. The van der Waals surface area contributed by atoms with Gasteiger partial charge < -0.3 is 15.2 Å². The van der Waals surface area contributed by atoms with Crippen LogP contribution in [0.2, 0.25) is 0 Å². The van der Waals surface area contributed by atoms with E-state index in [4.69, 9.17) is 4.74 Å². The van der Waals surface area contributed by atoms with Gasteiger partial charge in [-0.15, -0.1) is 0 Å². The van der Waals surface area contributed by atoms with Gasteiger partial charge in [-0.2, -0.15) is 0 Å². The van der Waals surface area contributed by atoms with Crippen LogP contribution < -0.4 is 10.1 Å². The third-order valence-corrected chi connectivity index (χ3v) is 2.97. The van der Waals surface area contributed by atoms with Crippen molar-refractivity contribution in [3.05, 3.63) is 59.7 Å². The first-order valence-electron chi connectivity index (χ1n) is 6.29. The number of hydrogen-bond acceptors (Lipinski definition) is 3.